The summed E-state index contributed by atoms with van der Waals surface area (Å²) in [5, 5.41) is 10.6. The standard InChI is InChI=1S/C30H36N2O3/c1-35-15-5-13-31-14-12-30-24-17-22(33)9-8-21(24)16-26(31)29(30)11-10-25-27(30)23(18-29)28(34)32(25)19-20-6-3-2-4-7-20/h2-4,6-9,17,23,25-27,33H,5,10-16,18-19H2,1H3/t23-,25?,26?,27?,29?,30?/m0/s1. The molecule has 0 aromatic heterocycles. The average molecular weight is 473 g/mol. The van der Waals surface area contributed by atoms with Crippen LogP contribution in [0.25, 0.3) is 0 Å². The number of aromatic hydroxyl groups is 1. The van der Waals surface area contributed by atoms with E-state index in [2.05, 4.69) is 46.2 Å². The minimum Gasteiger partial charge on any atom is -0.508 e. The zero-order chi connectivity index (χ0) is 23.8. The third kappa shape index (κ3) is 2.80. The molecule has 2 aromatic rings. The Kier molecular flexibility index (Phi) is 4.88. The molecule has 184 valence electrons. The van der Waals surface area contributed by atoms with Crippen molar-refractivity contribution < 1.29 is 14.6 Å². The predicted octanol–water partition coefficient (Wildman–Crippen LogP) is 4.12. The summed E-state index contributed by atoms with van der Waals surface area (Å²) in [7, 11) is 1.79. The fourth-order valence-corrected chi connectivity index (χ4v) is 9.62. The van der Waals surface area contributed by atoms with Gasteiger partial charge in [0.15, 0.2) is 0 Å². The van der Waals surface area contributed by atoms with Crippen LogP contribution in [0.2, 0.25) is 0 Å². The number of carbonyl (C=O) groups excluding carboxylic acids is 1. The Morgan fingerprint density at radius 2 is 2.00 bits per heavy atom. The fourth-order valence-electron chi connectivity index (χ4n) is 9.62. The number of nitrogens with zero attached hydrogens (tertiary/aromatic N) is 2. The lowest BCUT2D eigenvalue weighted by Gasteiger charge is -2.66. The minimum atomic E-state index is -0.00354. The van der Waals surface area contributed by atoms with E-state index in [1.54, 1.807) is 7.11 Å². The van der Waals surface area contributed by atoms with Gasteiger partial charge in [-0.2, -0.15) is 0 Å². The molecule has 1 N–H and O–H groups in total. The van der Waals surface area contributed by atoms with Crippen molar-refractivity contribution in [1.82, 2.24) is 9.80 Å². The molecule has 4 fully saturated rings. The van der Waals surface area contributed by atoms with Gasteiger partial charge in [-0.05, 0) is 79.3 Å². The minimum absolute atomic E-state index is 0.00354. The van der Waals surface area contributed by atoms with Crippen LogP contribution < -0.4 is 0 Å². The van der Waals surface area contributed by atoms with Gasteiger partial charge in [-0.1, -0.05) is 36.4 Å². The molecule has 0 radical (unpaired) electrons. The summed E-state index contributed by atoms with van der Waals surface area (Å²) in [4.78, 5) is 19.0. The number of rotatable bonds is 6. The maximum Gasteiger partial charge on any atom is 0.226 e. The molecule has 2 aliphatic heterocycles. The van der Waals surface area contributed by atoms with Gasteiger partial charge in [-0.3, -0.25) is 9.69 Å². The molecule has 5 heteroatoms. The SMILES string of the molecule is COCCCN1CCC23c4cc(O)ccc4CC1C21CCC2C3[C@H](C1)C(=O)N2Cc1ccccc1. The molecule has 5 aliphatic rings. The number of ether oxygens (including phenoxy) is 1. The van der Waals surface area contributed by atoms with Crippen molar-refractivity contribution in [1.29, 1.82) is 0 Å². The largest absolute Gasteiger partial charge is 0.508 e. The topological polar surface area (TPSA) is 53.0 Å². The molecule has 4 bridgehead atoms. The second kappa shape index (κ2) is 7.81. The molecule has 3 aliphatic carbocycles. The van der Waals surface area contributed by atoms with Crippen molar-refractivity contribution in [2.24, 2.45) is 17.3 Å². The summed E-state index contributed by atoms with van der Waals surface area (Å²) in [6.07, 6.45) is 6.49. The van der Waals surface area contributed by atoms with Crippen molar-refractivity contribution >= 4 is 5.91 Å². The highest BCUT2D eigenvalue weighted by atomic mass is 16.5. The lowest BCUT2D eigenvalue weighted by molar-refractivity contribution is -0.138. The van der Waals surface area contributed by atoms with Gasteiger partial charge in [0.25, 0.3) is 0 Å². The first-order valence-electron chi connectivity index (χ1n) is 13.5. The highest BCUT2D eigenvalue weighted by molar-refractivity contribution is 5.84. The molecule has 2 saturated carbocycles. The monoisotopic (exact) mass is 472 g/mol. The molecule has 2 saturated heterocycles. The maximum absolute atomic E-state index is 14.0. The van der Waals surface area contributed by atoms with Crippen molar-refractivity contribution in [2.75, 3.05) is 26.8 Å². The van der Waals surface area contributed by atoms with E-state index in [1.165, 1.54) is 23.1 Å². The fraction of sp³-hybridized carbons (Fsp3) is 0.567. The van der Waals surface area contributed by atoms with Crippen molar-refractivity contribution in [3.05, 3.63) is 65.2 Å². The maximum atomic E-state index is 14.0. The van der Waals surface area contributed by atoms with E-state index in [0.717, 1.165) is 58.3 Å². The number of phenols is 1. The number of hydrogen-bond donors (Lipinski definition) is 1. The first-order valence-corrected chi connectivity index (χ1v) is 13.5. The summed E-state index contributed by atoms with van der Waals surface area (Å²) in [6.45, 7) is 3.66. The van der Waals surface area contributed by atoms with Gasteiger partial charge < -0.3 is 14.7 Å². The number of piperidine rings is 1. The normalized spacial score (nSPS) is 36.8. The predicted molar refractivity (Wildman–Crippen MR) is 134 cm³/mol. The molecule has 35 heavy (non-hydrogen) atoms. The van der Waals surface area contributed by atoms with Crippen LogP contribution in [-0.4, -0.2) is 59.7 Å². The molecule has 2 heterocycles. The Bertz CT molecular complexity index is 1150. The van der Waals surface area contributed by atoms with E-state index < -0.39 is 0 Å². The molecule has 6 atom stereocenters. The van der Waals surface area contributed by atoms with Crippen molar-refractivity contribution in [2.45, 2.75) is 62.6 Å². The van der Waals surface area contributed by atoms with Crippen LogP contribution in [0.5, 0.6) is 5.75 Å². The number of benzene rings is 2. The quantitative estimate of drug-likeness (QED) is 0.643. The summed E-state index contributed by atoms with van der Waals surface area (Å²) in [6, 6.07) is 17.4. The zero-order valence-electron chi connectivity index (χ0n) is 20.7. The highest BCUT2D eigenvalue weighted by Crippen LogP contribution is 2.75. The van der Waals surface area contributed by atoms with E-state index in [0.29, 0.717) is 29.7 Å². The van der Waals surface area contributed by atoms with E-state index in [9.17, 15) is 9.90 Å². The molecule has 2 aromatic carbocycles. The zero-order valence-corrected chi connectivity index (χ0v) is 20.7. The number of likely N-dealkylation sites (tertiary alicyclic amines) is 2. The first kappa shape index (κ1) is 21.9. The molecule has 7 rings (SSSR count). The molecule has 5 unspecified atom stereocenters. The number of amides is 1. The van der Waals surface area contributed by atoms with E-state index in [1.807, 2.05) is 12.1 Å². The van der Waals surface area contributed by atoms with Gasteiger partial charge in [0.1, 0.15) is 5.75 Å². The number of fused-ring (bicyclic) bond motifs is 1. The molecule has 1 amide bonds. The van der Waals surface area contributed by atoms with Gasteiger partial charge in [-0.15, -0.1) is 0 Å². The molecule has 5 nitrogen and oxygen atoms in total. The van der Waals surface area contributed by atoms with Crippen LogP contribution in [0.4, 0.5) is 0 Å². The summed E-state index contributed by atoms with van der Waals surface area (Å²) in [5.74, 6) is 1.22. The number of phenolic OH excluding ortho intramolecular Hbond substituents is 1. The number of carbonyl (C=O) groups is 1. The Morgan fingerprint density at radius 3 is 2.83 bits per heavy atom. The van der Waals surface area contributed by atoms with Crippen LogP contribution >= 0.6 is 0 Å². The Labute approximate surface area is 208 Å². The van der Waals surface area contributed by atoms with Gasteiger partial charge in [0.2, 0.25) is 5.91 Å². The Balaban J connectivity index is 1.33. The molecule has 0 spiro atoms. The Hall–Kier alpha value is -2.37. The lowest BCUT2D eigenvalue weighted by Crippen LogP contribution is -2.69. The first-order chi connectivity index (χ1) is 17.1. The smallest absolute Gasteiger partial charge is 0.226 e. The van der Waals surface area contributed by atoms with E-state index >= 15 is 0 Å². The van der Waals surface area contributed by atoms with Gasteiger partial charge in [-0.25, -0.2) is 0 Å². The summed E-state index contributed by atoms with van der Waals surface area (Å²) >= 11 is 0. The van der Waals surface area contributed by atoms with Gasteiger partial charge in [0.05, 0.1) is 0 Å². The number of methoxy groups -OCH3 is 1. The third-order valence-electron chi connectivity index (χ3n) is 10.6. The van der Waals surface area contributed by atoms with Gasteiger partial charge >= 0.3 is 0 Å². The molecular formula is C30H36N2O3. The van der Waals surface area contributed by atoms with E-state index in [-0.39, 0.29) is 16.7 Å². The second-order valence-corrected chi connectivity index (χ2v) is 11.7. The molecular weight excluding hydrogens is 436 g/mol. The summed E-state index contributed by atoms with van der Waals surface area (Å²) in [5.41, 5.74) is 4.13. The third-order valence-corrected chi connectivity index (χ3v) is 10.6. The number of hydrogen-bond acceptors (Lipinski definition) is 4. The van der Waals surface area contributed by atoms with Crippen LogP contribution in [-0.2, 0) is 27.9 Å². The van der Waals surface area contributed by atoms with Crippen LogP contribution in [0.3, 0.4) is 0 Å². The summed E-state index contributed by atoms with van der Waals surface area (Å²) < 4.78 is 5.38. The van der Waals surface area contributed by atoms with Crippen molar-refractivity contribution in [3.63, 3.8) is 0 Å². The van der Waals surface area contributed by atoms with Crippen molar-refractivity contribution in [3.8, 4) is 5.75 Å². The van der Waals surface area contributed by atoms with Crippen LogP contribution in [0.1, 0.15) is 48.8 Å². The van der Waals surface area contributed by atoms with Gasteiger partial charge in [0, 0.05) is 56.1 Å². The second-order valence-electron chi connectivity index (χ2n) is 11.7. The Morgan fingerprint density at radius 1 is 1.14 bits per heavy atom. The highest BCUT2D eigenvalue weighted by Gasteiger charge is 2.77. The van der Waals surface area contributed by atoms with Crippen LogP contribution in [0, 0.1) is 17.3 Å². The average Bonchev–Trinajstić information content (AvgIpc) is 3.24. The van der Waals surface area contributed by atoms with Crippen LogP contribution in [0.15, 0.2) is 48.5 Å². The lowest BCUT2D eigenvalue weighted by atomic mass is 9.43. The van der Waals surface area contributed by atoms with E-state index in [4.69, 9.17) is 4.74 Å².